The molecule has 1 atom stereocenters. The van der Waals surface area contributed by atoms with Gasteiger partial charge in [-0.3, -0.25) is 0 Å². The number of benzene rings is 1. The average molecular weight is 280 g/mol. The summed E-state index contributed by atoms with van der Waals surface area (Å²) in [7, 11) is 0. The first-order chi connectivity index (χ1) is 8.30. The van der Waals surface area contributed by atoms with Gasteiger partial charge in [0.25, 0.3) is 0 Å². The molecule has 100 valence electrons. The number of halogens is 4. The molecule has 18 heavy (non-hydrogen) atoms. The summed E-state index contributed by atoms with van der Waals surface area (Å²) >= 11 is 5.50. The van der Waals surface area contributed by atoms with Crippen molar-refractivity contribution in [2.75, 3.05) is 13.1 Å². The van der Waals surface area contributed by atoms with Crippen molar-refractivity contribution in [3.63, 3.8) is 0 Å². The molecule has 2 N–H and O–H groups in total. The minimum Gasteiger partial charge on any atom is -0.387 e. The smallest absolute Gasteiger partial charge is 0.387 e. The van der Waals surface area contributed by atoms with Crippen LogP contribution in [0.2, 0.25) is 0 Å². The molecule has 0 bridgehead atoms. The van der Waals surface area contributed by atoms with E-state index in [-0.39, 0.29) is 18.7 Å². The Morgan fingerprint density at radius 3 is 2.67 bits per heavy atom. The lowest BCUT2D eigenvalue weighted by molar-refractivity contribution is -0.137. The van der Waals surface area contributed by atoms with E-state index in [9.17, 15) is 18.3 Å². The van der Waals surface area contributed by atoms with Gasteiger partial charge in [0, 0.05) is 18.1 Å². The summed E-state index contributed by atoms with van der Waals surface area (Å²) < 4.78 is 37.4. The summed E-state index contributed by atoms with van der Waals surface area (Å²) in [6.07, 6.45) is -5.43. The van der Waals surface area contributed by atoms with Gasteiger partial charge in [-0.15, -0.1) is 0 Å². The summed E-state index contributed by atoms with van der Waals surface area (Å²) in [4.78, 5) is 0. The summed E-state index contributed by atoms with van der Waals surface area (Å²) in [5.74, 6) is 0. The highest BCUT2D eigenvalue weighted by Gasteiger charge is 2.30. The lowest BCUT2D eigenvalue weighted by Crippen LogP contribution is -2.22. The summed E-state index contributed by atoms with van der Waals surface area (Å²) in [6.45, 7) is 3.84. The second-order valence-corrected chi connectivity index (χ2v) is 4.32. The van der Waals surface area contributed by atoms with Gasteiger partial charge in [-0.25, -0.2) is 0 Å². The van der Waals surface area contributed by atoms with Crippen LogP contribution in [0.15, 0.2) is 35.9 Å². The third-order valence-electron chi connectivity index (χ3n) is 2.25. The summed E-state index contributed by atoms with van der Waals surface area (Å²) in [5, 5.41) is 12.9. The molecule has 0 saturated carbocycles. The molecule has 0 spiro atoms. The van der Waals surface area contributed by atoms with Crippen LogP contribution in [-0.2, 0) is 6.18 Å². The third kappa shape index (κ3) is 4.68. The Bertz CT molecular complexity index is 420. The molecule has 0 heterocycles. The molecule has 2 nitrogen and oxygen atoms in total. The molecule has 1 aromatic rings. The van der Waals surface area contributed by atoms with Crippen molar-refractivity contribution in [1.29, 1.82) is 0 Å². The second-order valence-electron chi connectivity index (χ2n) is 3.79. The molecule has 0 aliphatic rings. The number of nitrogens with one attached hydrogen (secondary N) is 1. The normalized spacial score (nSPS) is 13.4. The van der Waals surface area contributed by atoms with E-state index in [0.29, 0.717) is 5.03 Å². The van der Waals surface area contributed by atoms with Crippen LogP contribution < -0.4 is 5.32 Å². The topological polar surface area (TPSA) is 32.3 Å². The van der Waals surface area contributed by atoms with Crippen LogP contribution in [0.25, 0.3) is 0 Å². The molecule has 0 amide bonds. The maximum Gasteiger partial charge on any atom is 0.416 e. The number of rotatable bonds is 5. The van der Waals surface area contributed by atoms with E-state index >= 15 is 0 Å². The summed E-state index contributed by atoms with van der Waals surface area (Å²) in [6, 6.07) is 4.60. The van der Waals surface area contributed by atoms with Crippen LogP contribution in [0.3, 0.4) is 0 Å². The molecule has 0 aromatic heterocycles. The predicted octanol–water partition coefficient (Wildman–Crippen LogP) is 3.08. The predicted molar refractivity (Wildman–Crippen MR) is 64.3 cm³/mol. The molecule has 6 heteroatoms. The van der Waals surface area contributed by atoms with Gasteiger partial charge in [0.05, 0.1) is 11.7 Å². The van der Waals surface area contributed by atoms with Crippen molar-refractivity contribution in [3.05, 3.63) is 47.0 Å². The summed E-state index contributed by atoms with van der Waals surface area (Å²) in [5.41, 5.74) is -0.571. The van der Waals surface area contributed by atoms with Crippen molar-refractivity contribution in [1.82, 2.24) is 5.32 Å². The molecular weight excluding hydrogens is 267 g/mol. The molecule has 1 rings (SSSR count). The number of aliphatic hydroxyl groups is 1. The van der Waals surface area contributed by atoms with Crippen molar-refractivity contribution in [3.8, 4) is 0 Å². The van der Waals surface area contributed by atoms with Crippen LogP contribution >= 0.6 is 11.6 Å². The third-order valence-corrected chi connectivity index (χ3v) is 2.39. The molecule has 1 aromatic carbocycles. The number of hydrogen-bond acceptors (Lipinski definition) is 2. The van der Waals surface area contributed by atoms with E-state index in [2.05, 4.69) is 11.9 Å². The van der Waals surface area contributed by atoms with Crippen molar-refractivity contribution in [2.24, 2.45) is 0 Å². The Kier molecular flexibility index (Phi) is 5.19. The number of alkyl halides is 3. The van der Waals surface area contributed by atoms with E-state index < -0.39 is 17.8 Å². The van der Waals surface area contributed by atoms with E-state index in [1.54, 1.807) is 0 Å². The number of aliphatic hydroxyl groups excluding tert-OH is 1. The zero-order valence-corrected chi connectivity index (χ0v) is 10.2. The van der Waals surface area contributed by atoms with Gasteiger partial charge in [-0.05, 0) is 17.7 Å². The van der Waals surface area contributed by atoms with Crippen LogP contribution in [0, 0.1) is 0 Å². The Morgan fingerprint density at radius 2 is 2.11 bits per heavy atom. The van der Waals surface area contributed by atoms with Crippen LogP contribution in [0.4, 0.5) is 13.2 Å². The lowest BCUT2D eigenvalue weighted by Gasteiger charge is -2.14. The maximum absolute atomic E-state index is 12.5. The van der Waals surface area contributed by atoms with Crippen LogP contribution in [-0.4, -0.2) is 18.2 Å². The van der Waals surface area contributed by atoms with Crippen LogP contribution in [0.5, 0.6) is 0 Å². The van der Waals surface area contributed by atoms with E-state index in [0.717, 1.165) is 12.1 Å². The quantitative estimate of drug-likeness (QED) is 0.868. The van der Waals surface area contributed by atoms with E-state index in [4.69, 9.17) is 11.6 Å². The van der Waals surface area contributed by atoms with Gasteiger partial charge in [-0.2, -0.15) is 13.2 Å². The highest BCUT2D eigenvalue weighted by Crippen LogP contribution is 2.30. The Hall–Kier alpha value is -1.04. The number of hydrogen-bond donors (Lipinski definition) is 2. The van der Waals surface area contributed by atoms with Crippen molar-refractivity contribution < 1.29 is 18.3 Å². The van der Waals surface area contributed by atoms with Gasteiger partial charge in [-0.1, -0.05) is 30.3 Å². The molecule has 0 radical (unpaired) electrons. The van der Waals surface area contributed by atoms with Gasteiger partial charge in [0.15, 0.2) is 0 Å². The molecular formula is C12H13ClF3NO. The highest BCUT2D eigenvalue weighted by molar-refractivity contribution is 6.29. The van der Waals surface area contributed by atoms with E-state index in [1.165, 1.54) is 12.1 Å². The zero-order chi connectivity index (χ0) is 13.8. The minimum atomic E-state index is -4.41. The minimum absolute atomic E-state index is 0.104. The second kappa shape index (κ2) is 6.22. The fraction of sp³-hybridized carbons (Fsp3) is 0.333. The van der Waals surface area contributed by atoms with Gasteiger partial charge in [0.2, 0.25) is 0 Å². The molecule has 0 aliphatic carbocycles. The maximum atomic E-state index is 12.5. The van der Waals surface area contributed by atoms with Gasteiger partial charge < -0.3 is 10.4 Å². The monoisotopic (exact) mass is 279 g/mol. The standard InChI is InChI=1S/C12H13ClF3NO/c1-8(13)6-17-7-11(18)9-3-2-4-10(5-9)12(14,15)16/h2-5,11,17-18H,1,6-7H2. The first-order valence-corrected chi connectivity index (χ1v) is 5.57. The highest BCUT2D eigenvalue weighted by atomic mass is 35.5. The largest absolute Gasteiger partial charge is 0.416 e. The van der Waals surface area contributed by atoms with Crippen LogP contribution in [0.1, 0.15) is 17.2 Å². The Morgan fingerprint density at radius 1 is 1.44 bits per heavy atom. The molecule has 0 saturated heterocycles. The fourth-order valence-corrected chi connectivity index (χ4v) is 1.48. The SMILES string of the molecule is C=C(Cl)CNCC(O)c1cccc(C(F)(F)F)c1. The van der Waals surface area contributed by atoms with Gasteiger partial charge in [0.1, 0.15) is 0 Å². The Balaban J connectivity index is 2.68. The van der Waals surface area contributed by atoms with Crippen molar-refractivity contribution >= 4 is 11.6 Å². The molecule has 0 fully saturated rings. The van der Waals surface area contributed by atoms with Crippen molar-refractivity contribution in [2.45, 2.75) is 12.3 Å². The zero-order valence-electron chi connectivity index (χ0n) is 9.47. The Labute approximate surface area is 108 Å². The molecule has 1 unspecified atom stereocenters. The average Bonchev–Trinajstić information content (AvgIpc) is 2.27. The first kappa shape index (κ1) is 15.0. The van der Waals surface area contributed by atoms with E-state index in [1.807, 2.05) is 0 Å². The fourth-order valence-electron chi connectivity index (χ4n) is 1.38. The van der Waals surface area contributed by atoms with Gasteiger partial charge >= 0.3 is 6.18 Å². The molecule has 0 aliphatic heterocycles. The first-order valence-electron chi connectivity index (χ1n) is 5.20. The lowest BCUT2D eigenvalue weighted by atomic mass is 10.1.